The lowest BCUT2D eigenvalue weighted by molar-refractivity contribution is -0.124. The fourth-order valence-corrected chi connectivity index (χ4v) is 1.75. The molecule has 114 valence electrons. The van der Waals surface area contributed by atoms with Crippen molar-refractivity contribution in [3.05, 3.63) is 35.4 Å². The second-order valence-corrected chi connectivity index (χ2v) is 4.81. The molecule has 1 amide bonds. The Bertz CT molecular complexity index is 457. The molecule has 1 rings (SSSR count). The van der Waals surface area contributed by atoms with Gasteiger partial charge in [-0.25, -0.2) is 8.78 Å². The first kappa shape index (κ1) is 18.8. The van der Waals surface area contributed by atoms with Crippen LogP contribution < -0.4 is 11.1 Å². The molecule has 0 aliphatic carbocycles. The first-order valence-electron chi connectivity index (χ1n) is 6.37. The number of hydrogen-bond acceptors (Lipinski definition) is 2. The molecule has 0 heterocycles. The van der Waals surface area contributed by atoms with Crippen molar-refractivity contribution in [1.29, 1.82) is 0 Å². The summed E-state index contributed by atoms with van der Waals surface area (Å²) < 4.78 is 26.4. The van der Waals surface area contributed by atoms with Gasteiger partial charge in [0.1, 0.15) is 11.6 Å². The molecular formula is C14H21ClF2N2O. The summed E-state index contributed by atoms with van der Waals surface area (Å²) in [6.07, 6.45) is 0.786. The SMILES string of the molecule is CCC(C)C(N)C(=O)NC(C)c1ccc(F)cc1F.Cl. The third-order valence-corrected chi connectivity index (χ3v) is 3.35. The van der Waals surface area contributed by atoms with Gasteiger partial charge >= 0.3 is 0 Å². The summed E-state index contributed by atoms with van der Waals surface area (Å²) in [6.45, 7) is 5.46. The van der Waals surface area contributed by atoms with Gasteiger partial charge in [-0.3, -0.25) is 4.79 Å². The lowest BCUT2D eigenvalue weighted by Crippen LogP contribution is -2.45. The number of carbonyl (C=O) groups is 1. The standard InChI is InChI=1S/C14H20F2N2O.ClH/c1-4-8(2)13(17)14(19)18-9(3)11-6-5-10(15)7-12(11)16;/h5-9,13H,4,17H2,1-3H3,(H,18,19);1H. The average Bonchev–Trinajstić information content (AvgIpc) is 2.36. The molecule has 0 fully saturated rings. The summed E-state index contributed by atoms with van der Waals surface area (Å²) in [5, 5.41) is 2.65. The molecule has 0 aromatic heterocycles. The zero-order valence-corrected chi connectivity index (χ0v) is 12.6. The largest absolute Gasteiger partial charge is 0.348 e. The minimum absolute atomic E-state index is 0. The summed E-state index contributed by atoms with van der Waals surface area (Å²) in [6, 6.07) is 2.10. The van der Waals surface area contributed by atoms with Gasteiger partial charge in [-0.1, -0.05) is 26.3 Å². The Morgan fingerprint density at radius 3 is 2.45 bits per heavy atom. The maximum Gasteiger partial charge on any atom is 0.237 e. The van der Waals surface area contributed by atoms with E-state index in [4.69, 9.17) is 5.73 Å². The highest BCUT2D eigenvalue weighted by atomic mass is 35.5. The molecule has 0 spiro atoms. The van der Waals surface area contributed by atoms with Crippen LogP contribution in [0.4, 0.5) is 8.78 Å². The number of amides is 1. The van der Waals surface area contributed by atoms with Gasteiger partial charge in [0.2, 0.25) is 5.91 Å². The quantitative estimate of drug-likeness (QED) is 0.879. The molecule has 1 aromatic rings. The minimum atomic E-state index is -0.676. The van der Waals surface area contributed by atoms with Gasteiger partial charge < -0.3 is 11.1 Å². The molecule has 0 saturated carbocycles. The highest BCUT2D eigenvalue weighted by Gasteiger charge is 2.22. The van der Waals surface area contributed by atoms with Gasteiger partial charge in [0.15, 0.2) is 0 Å². The van der Waals surface area contributed by atoms with E-state index in [0.717, 1.165) is 18.6 Å². The van der Waals surface area contributed by atoms with Gasteiger partial charge in [0, 0.05) is 11.6 Å². The molecule has 0 radical (unpaired) electrons. The molecule has 3 nitrogen and oxygen atoms in total. The number of halogens is 3. The number of benzene rings is 1. The van der Waals surface area contributed by atoms with Gasteiger partial charge in [-0.2, -0.15) is 0 Å². The summed E-state index contributed by atoms with van der Waals surface area (Å²) in [7, 11) is 0. The summed E-state index contributed by atoms with van der Waals surface area (Å²) in [5.41, 5.74) is 6.04. The molecular weight excluding hydrogens is 286 g/mol. The maximum absolute atomic E-state index is 13.6. The third-order valence-electron chi connectivity index (χ3n) is 3.35. The van der Waals surface area contributed by atoms with E-state index in [2.05, 4.69) is 5.32 Å². The Morgan fingerprint density at radius 2 is 1.95 bits per heavy atom. The second kappa shape index (κ2) is 8.17. The molecule has 3 N–H and O–H groups in total. The summed E-state index contributed by atoms with van der Waals surface area (Å²) in [5.74, 6) is -1.60. The van der Waals surface area contributed by atoms with E-state index in [1.807, 2.05) is 13.8 Å². The molecule has 0 aliphatic heterocycles. The van der Waals surface area contributed by atoms with Crippen molar-refractivity contribution in [2.45, 2.75) is 39.3 Å². The number of hydrogen-bond donors (Lipinski definition) is 2. The second-order valence-electron chi connectivity index (χ2n) is 4.81. The Kier molecular flexibility index (Phi) is 7.68. The number of rotatable bonds is 5. The van der Waals surface area contributed by atoms with Crippen molar-refractivity contribution >= 4 is 18.3 Å². The van der Waals surface area contributed by atoms with Crippen LogP contribution in [0.5, 0.6) is 0 Å². The fourth-order valence-electron chi connectivity index (χ4n) is 1.75. The molecule has 0 aliphatic rings. The Hall–Kier alpha value is -1.20. The maximum atomic E-state index is 13.6. The van der Waals surface area contributed by atoms with Crippen LogP contribution in [0.3, 0.4) is 0 Å². The highest BCUT2D eigenvalue weighted by molar-refractivity contribution is 5.85. The molecule has 6 heteroatoms. The van der Waals surface area contributed by atoms with E-state index in [1.165, 1.54) is 6.07 Å². The van der Waals surface area contributed by atoms with Gasteiger partial charge in [-0.15, -0.1) is 12.4 Å². The third kappa shape index (κ3) is 4.72. The van der Waals surface area contributed by atoms with E-state index in [9.17, 15) is 13.6 Å². The van der Waals surface area contributed by atoms with Crippen molar-refractivity contribution in [3.8, 4) is 0 Å². The van der Waals surface area contributed by atoms with Gasteiger partial charge in [0.05, 0.1) is 12.1 Å². The monoisotopic (exact) mass is 306 g/mol. The smallest absolute Gasteiger partial charge is 0.237 e. The highest BCUT2D eigenvalue weighted by Crippen LogP contribution is 2.18. The number of nitrogens with one attached hydrogen (secondary N) is 1. The lowest BCUT2D eigenvalue weighted by Gasteiger charge is -2.21. The predicted octanol–water partition coefficient (Wildman–Crippen LogP) is 2.94. The van der Waals surface area contributed by atoms with Crippen LogP contribution in [0, 0.1) is 17.6 Å². The van der Waals surface area contributed by atoms with E-state index in [1.54, 1.807) is 6.92 Å². The molecule has 3 atom stereocenters. The van der Waals surface area contributed by atoms with Crippen molar-refractivity contribution in [3.63, 3.8) is 0 Å². The topological polar surface area (TPSA) is 55.1 Å². The molecule has 20 heavy (non-hydrogen) atoms. The Labute approximate surface area is 124 Å². The van der Waals surface area contributed by atoms with Crippen molar-refractivity contribution in [2.24, 2.45) is 11.7 Å². The zero-order valence-electron chi connectivity index (χ0n) is 11.8. The van der Waals surface area contributed by atoms with Crippen LogP contribution in [0.1, 0.15) is 38.8 Å². The van der Waals surface area contributed by atoms with E-state index < -0.39 is 23.7 Å². The Morgan fingerprint density at radius 1 is 1.35 bits per heavy atom. The van der Waals surface area contributed by atoms with Gasteiger partial charge in [-0.05, 0) is 18.9 Å². The first-order valence-corrected chi connectivity index (χ1v) is 6.37. The average molecular weight is 307 g/mol. The Balaban J connectivity index is 0.00000361. The molecule has 0 bridgehead atoms. The lowest BCUT2D eigenvalue weighted by atomic mass is 9.98. The van der Waals surface area contributed by atoms with Crippen molar-refractivity contribution in [2.75, 3.05) is 0 Å². The number of carbonyl (C=O) groups excluding carboxylic acids is 1. The fraction of sp³-hybridized carbons (Fsp3) is 0.500. The van der Waals surface area contributed by atoms with E-state index >= 15 is 0 Å². The van der Waals surface area contributed by atoms with Crippen LogP contribution in [-0.2, 0) is 4.79 Å². The predicted molar refractivity (Wildman–Crippen MR) is 77.6 cm³/mol. The first-order chi connectivity index (χ1) is 8.86. The van der Waals surface area contributed by atoms with Crippen molar-refractivity contribution in [1.82, 2.24) is 5.32 Å². The number of nitrogens with two attached hydrogens (primary N) is 1. The van der Waals surface area contributed by atoms with E-state index in [0.29, 0.717) is 0 Å². The van der Waals surface area contributed by atoms with E-state index in [-0.39, 0.29) is 29.8 Å². The van der Waals surface area contributed by atoms with Crippen molar-refractivity contribution < 1.29 is 13.6 Å². The van der Waals surface area contributed by atoms with Crippen LogP contribution >= 0.6 is 12.4 Å². The summed E-state index contributed by atoms with van der Waals surface area (Å²) in [4.78, 5) is 11.9. The zero-order chi connectivity index (χ0) is 14.6. The normalized spacial score (nSPS) is 14.9. The molecule has 1 aromatic carbocycles. The van der Waals surface area contributed by atoms with Crippen LogP contribution in [0.25, 0.3) is 0 Å². The molecule has 3 unspecified atom stereocenters. The summed E-state index contributed by atoms with van der Waals surface area (Å²) >= 11 is 0. The van der Waals surface area contributed by atoms with Crippen LogP contribution in [0.15, 0.2) is 18.2 Å². The van der Waals surface area contributed by atoms with Crippen LogP contribution in [-0.4, -0.2) is 11.9 Å². The molecule has 0 saturated heterocycles. The van der Waals surface area contributed by atoms with Crippen LogP contribution in [0.2, 0.25) is 0 Å². The van der Waals surface area contributed by atoms with Gasteiger partial charge in [0.25, 0.3) is 0 Å². The minimum Gasteiger partial charge on any atom is -0.348 e.